The van der Waals surface area contributed by atoms with E-state index in [1.807, 2.05) is 0 Å². The van der Waals surface area contributed by atoms with E-state index in [0.29, 0.717) is 17.1 Å². The van der Waals surface area contributed by atoms with Gasteiger partial charge >= 0.3 is 0 Å². The monoisotopic (exact) mass is 230 g/mol. The lowest BCUT2D eigenvalue weighted by Gasteiger charge is -2.38. The molecule has 1 atom stereocenters. The zero-order chi connectivity index (χ0) is 12.3. The Morgan fingerprint density at radius 3 is 2.65 bits per heavy atom. The van der Waals surface area contributed by atoms with Crippen LogP contribution in [0.25, 0.3) is 0 Å². The van der Waals surface area contributed by atoms with E-state index in [2.05, 4.69) is 44.2 Å². The Kier molecular flexibility index (Phi) is 3.66. The van der Waals surface area contributed by atoms with Crippen LogP contribution in [0.4, 0.5) is 0 Å². The number of Topliss-reactive ketones (excluding diaryl/α,β-unsaturated/α-hetero) is 1. The average Bonchev–Trinajstić information content (AvgIpc) is 2.32. The Bertz CT molecular complexity index is 378. The molecule has 1 saturated carbocycles. The summed E-state index contributed by atoms with van der Waals surface area (Å²) in [5.74, 6) is 1.02. The van der Waals surface area contributed by atoms with E-state index < -0.39 is 0 Å². The lowest BCUT2D eigenvalue weighted by molar-refractivity contribution is -0.124. The minimum atomic E-state index is 0.336. The van der Waals surface area contributed by atoms with Crippen LogP contribution in [-0.4, -0.2) is 5.78 Å². The van der Waals surface area contributed by atoms with Crippen molar-refractivity contribution in [3.05, 3.63) is 35.9 Å². The number of ketones is 1. The van der Waals surface area contributed by atoms with Crippen molar-refractivity contribution in [2.24, 2.45) is 11.3 Å². The molecule has 0 saturated heterocycles. The van der Waals surface area contributed by atoms with Gasteiger partial charge in [-0.3, -0.25) is 4.79 Å². The fraction of sp³-hybridized carbons (Fsp3) is 0.562. The third-order valence-electron chi connectivity index (χ3n) is 4.25. The molecule has 0 aromatic heterocycles. The molecule has 1 heteroatoms. The Balaban J connectivity index is 1.95. The highest BCUT2D eigenvalue weighted by molar-refractivity contribution is 5.79. The van der Waals surface area contributed by atoms with Gasteiger partial charge in [-0.05, 0) is 36.2 Å². The zero-order valence-electron chi connectivity index (χ0n) is 10.9. The molecule has 17 heavy (non-hydrogen) atoms. The maximum atomic E-state index is 11.6. The van der Waals surface area contributed by atoms with Crippen molar-refractivity contribution in [2.75, 3.05) is 0 Å². The maximum absolute atomic E-state index is 11.6. The first-order valence-electron chi connectivity index (χ1n) is 6.63. The summed E-state index contributed by atoms with van der Waals surface area (Å²) in [5, 5.41) is 0. The highest BCUT2D eigenvalue weighted by atomic mass is 16.1. The minimum Gasteiger partial charge on any atom is -0.300 e. The van der Waals surface area contributed by atoms with Crippen LogP contribution in [0.15, 0.2) is 30.3 Å². The summed E-state index contributed by atoms with van der Waals surface area (Å²) in [4.78, 5) is 11.6. The van der Waals surface area contributed by atoms with Gasteiger partial charge in [-0.15, -0.1) is 0 Å². The summed E-state index contributed by atoms with van der Waals surface area (Å²) in [5.41, 5.74) is 1.73. The second-order valence-electron chi connectivity index (χ2n) is 5.95. The van der Waals surface area contributed by atoms with Gasteiger partial charge in [-0.2, -0.15) is 0 Å². The van der Waals surface area contributed by atoms with Crippen LogP contribution in [0.5, 0.6) is 0 Å². The molecule has 1 aromatic carbocycles. The molecule has 0 spiro atoms. The molecule has 92 valence electrons. The smallest absolute Gasteiger partial charge is 0.133 e. The molecule has 0 aliphatic heterocycles. The van der Waals surface area contributed by atoms with Crippen LogP contribution >= 0.6 is 0 Å². The number of hydrogen-bond acceptors (Lipinski definition) is 1. The van der Waals surface area contributed by atoms with Gasteiger partial charge < -0.3 is 0 Å². The molecule has 1 unspecified atom stereocenters. The number of aryl methyl sites for hydroxylation is 1. The number of rotatable bonds is 3. The molecule has 1 fully saturated rings. The quantitative estimate of drug-likeness (QED) is 0.766. The second-order valence-corrected chi connectivity index (χ2v) is 5.95. The van der Waals surface area contributed by atoms with Crippen molar-refractivity contribution in [2.45, 2.75) is 46.0 Å². The first-order valence-corrected chi connectivity index (χ1v) is 6.63. The molecule has 2 rings (SSSR count). The highest BCUT2D eigenvalue weighted by Crippen LogP contribution is 2.41. The molecule has 1 nitrogen and oxygen atoms in total. The van der Waals surface area contributed by atoms with Crippen molar-refractivity contribution in [3.63, 3.8) is 0 Å². The summed E-state index contributed by atoms with van der Waals surface area (Å²) >= 11 is 0. The van der Waals surface area contributed by atoms with Gasteiger partial charge in [0.1, 0.15) is 5.78 Å². The SMILES string of the molecule is CC1(C)CCC(=O)CC1CCc1ccccc1. The minimum absolute atomic E-state index is 0.336. The summed E-state index contributed by atoms with van der Waals surface area (Å²) < 4.78 is 0. The standard InChI is InChI=1S/C16H22O/c1-16(2)11-10-15(17)12-14(16)9-8-13-6-4-3-5-7-13/h3-7,14H,8-12H2,1-2H3. The summed E-state index contributed by atoms with van der Waals surface area (Å²) in [6, 6.07) is 10.6. The van der Waals surface area contributed by atoms with Crippen LogP contribution in [0.1, 0.15) is 45.1 Å². The van der Waals surface area contributed by atoms with E-state index >= 15 is 0 Å². The van der Waals surface area contributed by atoms with Gasteiger partial charge in [0.15, 0.2) is 0 Å². The summed E-state index contributed by atoms with van der Waals surface area (Å²) in [6.07, 6.45) is 4.88. The van der Waals surface area contributed by atoms with Gasteiger partial charge in [0, 0.05) is 12.8 Å². The van der Waals surface area contributed by atoms with Crippen LogP contribution in [0.2, 0.25) is 0 Å². The first-order chi connectivity index (χ1) is 8.08. The third kappa shape index (κ3) is 3.18. The van der Waals surface area contributed by atoms with E-state index in [-0.39, 0.29) is 0 Å². The summed E-state index contributed by atoms with van der Waals surface area (Å²) in [7, 11) is 0. The fourth-order valence-electron chi connectivity index (χ4n) is 2.80. The molecule has 1 aromatic rings. The predicted molar refractivity (Wildman–Crippen MR) is 70.9 cm³/mol. The lowest BCUT2D eigenvalue weighted by atomic mass is 9.66. The number of carbonyl (C=O) groups is 1. The van der Waals surface area contributed by atoms with Crippen molar-refractivity contribution in [3.8, 4) is 0 Å². The molecule has 0 amide bonds. The van der Waals surface area contributed by atoms with Crippen molar-refractivity contribution >= 4 is 5.78 Å². The lowest BCUT2D eigenvalue weighted by Crippen LogP contribution is -2.32. The van der Waals surface area contributed by atoms with Crippen LogP contribution in [-0.2, 0) is 11.2 Å². The topological polar surface area (TPSA) is 17.1 Å². The molecule has 0 bridgehead atoms. The van der Waals surface area contributed by atoms with Gasteiger partial charge in [0.2, 0.25) is 0 Å². The molecule has 0 N–H and O–H groups in total. The Labute approximate surface area is 104 Å². The Morgan fingerprint density at radius 1 is 1.24 bits per heavy atom. The Hall–Kier alpha value is -1.11. The molecule has 0 radical (unpaired) electrons. The molecule has 1 aliphatic carbocycles. The average molecular weight is 230 g/mol. The largest absolute Gasteiger partial charge is 0.300 e. The number of benzene rings is 1. The Morgan fingerprint density at radius 2 is 1.94 bits per heavy atom. The van der Waals surface area contributed by atoms with E-state index in [4.69, 9.17) is 0 Å². The van der Waals surface area contributed by atoms with Crippen LogP contribution < -0.4 is 0 Å². The van der Waals surface area contributed by atoms with E-state index in [1.165, 1.54) is 5.56 Å². The van der Waals surface area contributed by atoms with Crippen molar-refractivity contribution in [1.82, 2.24) is 0 Å². The number of hydrogen-bond donors (Lipinski definition) is 0. The van der Waals surface area contributed by atoms with Crippen LogP contribution in [0, 0.1) is 11.3 Å². The summed E-state index contributed by atoms with van der Waals surface area (Å²) in [6.45, 7) is 4.63. The first kappa shape index (κ1) is 12.3. The van der Waals surface area contributed by atoms with Gasteiger partial charge in [-0.1, -0.05) is 44.2 Å². The zero-order valence-corrected chi connectivity index (χ0v) is 10.9. The fourth-order valence-corrected chi connectivity index (χ4v) is 2.80. The molecular weight excluding hydrogens is 208 g/mol. The molecule has 1 aliphatic rings. The maximum Gasteiger partial charge on any atom is 0.133 e. The van der Waals surface area contributed by atoms with E-state index in [1.54, 1.807) is 0 Å². The van der Waals surface area contributed by atoms with Crippen molar-refractivity contribution in [1.29, 1.82) is 0 Å². The van der Waals surface area contributed by atoms with Crippen molar-refractivity contribution < 1.29 is 4.79 Å². The molecular formula is C16H22O. The number of carbonyl (C=O) groups excluding carboxylic acids is 1. The van der Waals surface area contributed by atoms with Crippen LogP contribution in [0.3, 0.4) is 0 Å². The predicted octanol–water partition coefficient (Wildman–Crippen LogP) is 4.01. The highest BCUT2D eigenvalue weighted by Gasteiger charge is 2.34. The van der Waals surface area contributed by atoms with E-state index in [0.717, 1.165) is 32.1 Å². The van der Waals surface area contributed by atoms with Gasteiger partial charge in [0.25, 0.3) is 0 Å². The van der Waals surface area contributed by atoms with E-state index in [9.17, 15) is 4.79 Å². The normalized spacial score (nSPS) is 23.6. The second kappa shape index (κ2) is 5.03. The van der Waals surface area contributed by atoms with Gasteiger partial charge in [0.05, 0.1) is 0 Å². The third-order valence-corrected chi connectivity index (χ3v) is 4.25. The molecule has 0 heterocycles. The van der Waals surface area contributed by atoms with Gasteiger partial charge in [-0.25, -0.2) is 0 Å².